The lowest BCUT2D eigenvalue weighted by molar-refractivity contribution is 0.0694. The first-order valence-corrected chi connectivity index (χ1v) is 14.0. The summed E-state index contributed by atoms with van der Waals surface area (Å²) >= 11 is 0. The summed E-state index contributed by atoms with van der Waals surface area (Å²) in [6.07, 6.45) is 4.12. The zero-order chi connectivity index (χ0) is 21.7. The number of carbonyl (C=O) groups excluding carboxylic acids is 1. The normalized spacial score (nSPS) is 14.8. The lowest BCUT2D eigenvalue weighted by Gasteiger charge is -2.25. The Balaban J connectivity index is 1.88. The highest BCUT2D eigenvalue weighted by Crippen LogP contribution is 2.25. The highest BCUT2D eigenvalue weighted by Gasteiger charge is 2.25. The van der Waals surface area contributed by atoms with E-state index in [1.54, 1.807) is 4.90 Å². The zero-order valence-corrected chi connectivity index (χ0v) is 19.2. The number of amides is 1. The number of pyridine rings is 1. The summed E-state index contributed by atoms with van der Waals surface area (Å²) < 4.78 is 26.9. The predicted octanol–water partition coefficient (Wildman–Crippen LogP) is 3.43. The van der Waals surface area contributed by atoms with Crippen molar-refractivity contribution in [3.05, 3.63) is 23.9 Å². The van der Waals surface area contributed by atoms with E-state index in [9.17, 15) is 9.18 Å². The number of ether oxygens (including phenoxy) is 2. The van der Waals surface area contributed by atoms with E-state index in [2.05, 4.69) is 34.7 Å². The van der Waals surface area contributed by atoms with Gasteiger partial charge in [-0.05, 0) is 25.3 Å². The number of nitrogens with zero attached hydrogens (tertiary/aromatic N) is 5. The number of methoxy groups -OCH3 is 1. The van der Waals surface area contributed by atoms with E-state index < -0.39 is 13.9 Å². The monoisotopic (exact) mass is 435 g/mol. The van der Waals surface area contributed by atoms with Gasteiger partial charge >= 0.3 is 0 Å². The van der Waals surface area contributed by atoms with Gasteiger partial charge in [0.25, 0.3) is 5.91 Å². The second-order valence-corrected chi connectivity index (χ2v) is 14.3. The van der Waals surface area contributed by atoms with Gasteiger partial charge in [0, 0.05) is 33.8 Å². The smallest absolute Gasteiger partial charge is 0.293 e. The van der Waals surface area contributed by atoms with Crippen LogP contribution in [-0.2, 0) is 11.5 Å². The van der Waals surface area contributed by atoms with E-state index in [0.29, 0.717) is 19.7 Å². The van der Waals surface area contributed by atoms with Crippen molar-refractivity contribution in [3.8, 4) is 17.3 Å². The van der Waals surface area contributed by atoms with Gasteiger partial charge in [-0.2, -0.15) is 0 Å². The number of hydrogen-bond acceptors (Lipinski definition) is 6. The molecule has 30 heavy (non-hydrogen) atoms. The average molecular weight is 436 g/mol. The summed E-state index contributed by atoms with van der Waals surface area (Å²) in [6.45, 7) is 8.85. The molecule has 8 nitrogen and oxygen atoms in total. The molecule has 3 heterocycles. The van der Waals surface area contributed by atoms with Gasteiger partial charge in [0.15, 0.2) is 11.6 Å². The first-order chi connectivity index (χ1) is 14.3. The van der Waals surface area contributed by atoms with Gasteiger partial charge in [0.05, 0.1) is 18.9 Å². The maximum atomic E-state index is 14.6. The van der Waals surface area contributed by atoms with Crippen molar-refractivity contribution in [2.45, 2.75) is 51.7 Å². The van der Waals surface area contributed by atoms with Crippen LogP contribution < -0.4 is 4.74 Å². The van der Waals surface area contributed by atoms with Gasteiger partial charge in [-0.25, -0.2) is 19.0 Å². The van der Waals surface area contributed by atoms with Gasteiger partial charge in [-0.1, -0.05) is 19.6 Å². The topological polar surface area (TPSA) is 82.4 Å². The second kappa shape index (κ2) is 9.65. The minimum atomic E-state index is -1.25. The summed E-state index contributed by atoms with van der Waals surface area (Å²) in [6, 6.07) is 2.45. The summed E-state index contributed by atoms with van der Waals surface area (Å²) in [4.78, 5) is 22.9. The molecule has 1 saturated heterocycles. The van der Waals surface area contributed by atoms with E-state index in [1.807, 2.05) is 0 Å². The largest absolute Gasteiger partial charge is 0.481 e. The SMILES string of the molecule is COc1cc(-c2nc(C(=O)N3CCCCC3)nn2COCC[Si](C)(C)C)c(F)cn1. The summed E-state index contributed by atoms with van der Waals surface area (Å²) in [5.74, 6) is -0.274. The summed E-state index contributed by atoms with van der Waals surface area (Å²) in [7, 11) is 0.212. The molecule has 0 N–H and O–H groups in total. The molecule has 1 fully saturated rings. The maximum Gasteiger partial charge on any atom is 0.293 e. The molecular weight excluding hydrogens is 405 g/mol. The molecule has 1 amide bonds. The Kier molecular flexibility index (Phi) is 7.19. The Bertz CT molecular complexity index is 878. The molecule has 3 rings (SSSR count). The highest BCUT2D eigenvalue weighted by molar-refractivity contribution is 6.76. The van der Waals surface area contributed by atoms with Crippen molar-refractivity contribution in [1.29, 1.82) is 0 Å². The van der Waals surface area contributed by atoms with Crippen molar-refractivity contribution in [2.24, 2.45) is 0 Å². The van der Waals surface area contributed by atoms with E-state index in [-0.39, 0.29) is 35.7 Å². The molecule has 0 saturated carbocycles. The van der Waals surface area contributed by atoms with Crippen LogP contribution in [0.3, 0.4) is 0 Å². The van der Waals surface area contributed by atoms with E-state index in [4.69, 9.17) is 9.47 Å². The number of halogens is 1. The first-order valence-electron chi connectivity index (χ1n) is 10.3. The number of piperidine rings is 1. The molecule has 0 aromatic carbocycles. The van der Waals surface area contributed by atoms with Crippen molar-refractivity contribution in [2.75, 3.05) is 26.8 Å². The van der Waals surface area contributed by atoms with Crippen LogP contribution in [0.4, 0.5) is 4.39 Å². The molecule has 10 heteroatoms. The number of carbonyl (C=O) groups is 1. The van der Waals surface area contributed by atoms with Crippen LogP contribution >= 0.6 is 0 Å². The third-order valence-corrected chi connectivity index (χ3v) is 6.70. The maximum absolute atomic E-state index is 14.6. The molecule has 1 aliphatic heterocycles. The lowest BCUT2D eigenvalue weighted by atomic mass is 10.1. The van der Waals surface area contributed by atoms with Crippen molar-refractivity contribution < 1.29 is 18.7 Å². The van der Waals surface area contributed by atoms with E-state index >= 15 is 0 Å². The van der Waals surface area contributed by atoms with Crippen LogP contribution in [0, 0.1) is 5.82 Å². The van der Waals surface area contributed by atoms with Crippen LogP contribution in [0.15, 0.2) is 12.3 Å². The van der Waals surface area contributed by atoms with Crippen LogP contribution in [0.25, 0.3) is 11.4 Å². The first kappa shape index (κ1) is 22.4. The Labute approximate surface area is 177 Å². The number of hydrogen-bond donors (Lipinski definition) is 0. The molecular formula is C20H30FN5O3Si. The van der Waals surface area contributed by atoms with E-state index in [1.165, 1.54) is 17.9 Å². The van der Waals surface area contributed by atoms with Crippen LogP contribution in [0.1, 0.15) is 29.9 Å². The van der Waals surface area contributed by atoms with Gasteiger partial charge in [0.2, 0.25) is 11.7 Å². The molecule has 164 valence electrons. The van der Waals surface area contributed by atoms with Crippen LogP contribution in [0.5, 0.6) is 5.88 Å². The minimum Gasteiger partial charge on any atom is -0.481 e. The average Bonchev–Trinajstić information content (AvgIpc) is 3.15. The van der Waals surface area contributed by atoms with Crippen molar-refractivity contribution in [1.82, 2.24) is 24.6 Å². The van der Waals surface area contributed by atoms with Crippen molar-refractivity contribution >= 4 is 14.0 Å². The fraction of sp³-hybridized carbons (Fsp3) is 0.600. The Morgan fingerprint density at radius 3 is 2.63 bits per heavy atom. The second-order valence-electron chi connectivity index (χ2n) is 8.67. The predicted molar refractivity (Wildman–Crippen MR) is 114 cm³/mol. The molecule has 0 bridgehead atoms. The Morgan fingerprint density at radius 2 is 1.97 bits per heavy atom. The third kappa shape index (κ3) is 5.63. The van der Waals surface area contributed by atoms with E-state index in [0.717, 1.165) is 31.5 Å². The fourth-order valence-electron chi connectivity index (χ4n) is 3.19. The molecule has 0 atom stereocenters. The number of aromatic nitrogens is 4. The quantitative estimate of drug-likeness (QED) is 0.467. The van der Waals surface area contributed by atoms with Gasteiger partial charge < -0.3 is 14.4 Å². The molecule has 2 aromatic rings. The fourth-order valence-corrected chi connectivity index (χ4v) is 3.95. The highest BCUT2D eigenvalue weighted by atomic mass is 28.3. The summed E-state index contributed by atoms with van der Waals surface area (Å²) in [5.41, 5.74) is 0.167. The third-order valence-electron chi connectivity index (χ3n) is 5.00. The summed E-state index contributed by atoms with van der Waals surface area (Å²) in [5, 5.41) is 4.37. The lowest BCUT2D eigenvalue weighted by Crippen LogP contribution is -2.36. The number of likely N-dealkylation sites (tertiary alicyclic amines) is 1. The molecule has 0 unspecified atom stereocenters. The Hall–Kier alpha value is -2.33. The molecule has 0 aliphatic carbocycles. The van der Waals surface area contributed by atoms with Gasteiger partial charge in [0.1, 0.15) is 6.73 Å². The van der Waals surface area contributed by atoms with Gasteiger partial charge in [-0.3, -0.25) is 4.79 Å². The number of rotatable bonds is 8. The Morgan fingerprint density at radius 1 is 1.23 bits per heavy atom. The molecule has 0 radical (unpaired) electrons. The van der Waals surface area contributed by atoms with Crippen LogP contribution in [-0.4, -0.2) is 65.4 Å². The zero-order valence-electron chi connectivity index (χ0n) is 18.2. The van der Waals surface area contributed by atoms with Crippen LogP contribution in [0.2, 0.25) is 25.7 Å². The molecule has 0 spiro atoms. The van der Waals surface area contributed by atoms with Gasteiger partial charge in [-0.15, -0.1) is 5.10 Å². The minimum absolute atomic E-state index is 0.0517. The molecule has 1 aliphatic rings. The van der Waals surface area contributed by atoms with Crippen molar-refractivity contribution in [3.63, 3.8) is 0 Å². The standard InChI is InChI=1S/C20H30FN5O3Si/c1-28-17-12-15(16(21)13-22-17)19-23-18(20(27)25-8-6-5-7-9-25)24-26(19)14-29-10-11-30(2,3)4/h12-13H,5-11,14H2,1-4H3. The molecule has 2 aromatic heterocycles.